The van der Waals surface area contributed by atoms with Gasteiger partial charge in [0, 0.05) is 18.8 Å². The number of carbonyl (C=O) groups excluding carboxylic acids is 1. The number of carbonyl (C=O) groups is 1. The molecule has 0 bridgehead atoms. The number of ether oxygens (including phenoxy) is 1. The van der Waals surface area contributed by atoms with E-state index in [2.05, 4.69) is 21.9 Å². The number of likely N-dealkylation sites (tertiary alicyclic amines) is 1. The average molecular weight is 515 g/mol. The molecule has 3 N–H and O–H groups in total. The number of benzene rings is 2. The third-order valence-corrected chi connectivity index (χ3v) is 8.36. The molecule has 2 heterocycles. The maximum atomic E-state index is 13.1. The number of hydrogen-bond donors (Lipinski definition) is 3. The molecule has 0 radical (unpaired) electrons. The third kappa shape index (κ3) is 5.94. The van der Waals surface area contributed by atoms with Gasteiger partial charge in [0.05, 0.1) is 17.7 Å². The van der Waals surface area contributed by atoms with Crippen LogP contribution in [0.5, 0.6) is 11.5 Å². The lowest BCUT2D eigenvalue weighted by Gasteiger charge is -2.31. The molecule has 8 nitrogen and oxygen atoms in total. The Morgan fingerprint density at radius 2 is 2.06 bits per heavy atom. The highest BCUT2D eigenvalue weighted by Gasteiger charge is 2.24. The molecule has 2 aromatic carbocycles. The number of phenolic OH excluding ortho intramolecular Hbond substituents is 1. The number of urea groups is 1. The van der Waals surface area contributed by atoms with Crippen molar-refractivity contribution in [2.24, 2.45) is 5.92 Å². The quantitative estimate of drug-likeness (QED) is 0.355. The van der Waals surface area contributed by atoms with Crippen molar-refractivity contribution in [2.75, 3.05) is 30.2 Å². The number of piperidine rings is 1. The number of phenols is 1. The van der Waals surface area contributed by atoms with E-state index in [1.165, 1.54) is 37.0 Å². The van der Waals surface area contributed by atoms with Crippen LogP contribution < -0.4 is 14.8 Å². The molecule has 1 aliphatic rings. The summed E-state index contributed by atoms with van der Waals surface area (Å²) in [6.45, 7) is 5.60. The van der Waals surface area contributed by atoms with E-state index >= 15 is 0 Å². The summed E-state index contributed by atoms with van der Waals surface area (Å²) in [5.41, 5.74) is 2.22. The predicted octanol–water partition coefficient (Wildman–Crippen LogP) is 5.62. The second kappa shape index (κ2) is 11.1. The first-order valence-electron chi connectivity index (χ1n) is 11.6. The minimum atomic E-state index is -1.60. The standard InChI is InChI=1S/C25H30N4O4S2/c1-4-17-6-5-13-29(15-17)25(31)27-24-26-16(2)23(34-24)18-7-12-21(33-3)22(14-18)35(32)28-19-8-10-20(30)11-9-19/h7-12,14,17,28,30H,4-6,13,15H2,1-3H3,(H,26,27,31). The fourth-order valence-electron chi connectivity index (χ4n) is 4.13. The first kappa shape index (κ1) is 25.0. The van der Waals surface area contributed by atoms with E-state index in [4.69, 9.17) is 4.74 Å². The molecule has 186 valence electrons. The van der Waals surface area contributed by atoms with E-state index in [0.29, 0.717) is 27.4 Å². The van der Waals surface area contributed by atoms with Crippen LogP contribution >= 0.6 is 11.3 Å². The fourth-order valence-corrected chi connectivity index (χ4v) is 6.11. The van der Waals surface area contributed by atoms with Gasteiger partial charge < -0.3 is 19.5 Å². The Morgan fingerprint density at radius 3 is 2.77 bits per heavy atom. The van der Waals surface area contributed by atoms with Crippen LogP contribution in [0.3, 0.4) is 0 Å². The van der Waals surface area contributed by atoms with E-state index < -0.39 is 11.0 Å². The van der Waals surface area contributed by atoms with Crippen LogP contribution in [0.25, 0.3) is 10.4 Å². The number of aromatic hydroxyl groups is 1. The highest BCUT2D eigenvalue weighted by atomic mass is 32.2. The molecule has 0 spiro atoms. The topological polar surface area (TPSA) is 104 Å². The first-order valence-corrected chi connectivity index (χ1v) is 13.5. The zero-order valence-corrected chi connectivity index (χ0v) is 21.7. The number of methoxy groups -OCH3 is 1. The number of nitrogens with zero attached hydrogens (tertiary/aromatic N) is 2. The van der Waals surface area contributed by atoms with Gasteiger partial charge in [-0.15, -0.1) is 0 Å². The lowest BCUT2D eigenvalue weighted by atomic mass is 9.96. The van der Waals surface area contributed by atoms with Crippen molar-refractivity contribution < 1.29 is 18.8 Å². The van der Waals surface area contributed by atoms with Gasteiger partial charge in [0.15, 0.2) is 16.1 Å². The number of rotatable bonds is 7. The minimum Gasteiger partial charge on any atom is -0.508 e. The number of anilines is 2. The van der Waals surface area contributed by atoms with Gasteiger partial charge in [-0.3, -0.25) is 5.32 Å². The molecular formula is C25H30N4O4S2. The molecule has 1 saturated heterocycles. The zero-order valence-electron chi connectivity index (χ0n) is 20.0. The maximum Gasteiger partial charge on any atom is 0.323 e. The van der Waals surface area contributed by atoms with Crippen molar-refractivity contribution in [3.8, 4) is 21.9 Å². The van der Waals surface area contributed by atoms with E-state index in [-0.39, 0.29) is 11.8 Å². The molecule has 1 aromatic heterocycles. The molecule has 3 aromatic rings. The second-order valence-corrected chi connectivity index (χ2v) is 10.7. The van der Waals surface area contributed by atoms with Crippen LogP contribution in [0.1, 0.15) is 31.9 Å². The molecule has 2 atom stereocenters. The highest BCUT2D eigenvalue weighted by Crippen LogP contribution is 2.36. The number of aryl methyl sites for hydroxylation is 1. The summed E-state index contributed by atoms with van der Waals surface area (Å²) in [4.78, 5) is 20.6. The Hall–Kier alpha value is -3.11. The fraction of sp³-hybridized carbons (Fsp3) is 0.360. The summed E-state index contributed by atoms with van der Waals surface area (Å²) in [5.74, 6) is 1.18. The molecular weight excluding hydrogens is 484 g/mol. The van der Waals surface area contributed by atoms with Crippen LogP contribution in [0.2, 0.25) is 0 Å². The Balaban J connectivity index is 1.53. The summed E-state index contributed by atoms with van der Waals surface area (Å²) in [5, 5.41) is 13.0. The molecule has 35 heavy (non-hydrogen) atoms. The van der Waals surface area contributed by atoms with E-state index in [9.17, 15) is 14.1 Å². The number of thiazole rings is 1. The van der Waals surface area contributed by atoms with Crippen molar-refractivity contribution in [1.29, 1.82) is 0 Å². The van der Waals surface area contributed by atoms with Crippen LogP contribution in [0, 0.1) is 12.8 Å². The van der Waals surface area contributed by atoms with Gasteiger partial charge in [0.1, 0.15) is 16.4 Å². The van der Waals surface area contributed by atoms with Crippen LogP contribution in [0.4, 0.5) is 15.6 Å². The molecule has 1 fully saturated rings. The Labute approximate surface area is 211 Å². The zero-order chi connectivity index (χ0) is 24.9. The molecule has 2 amide bonds. The predicted molar refractivity (Wildman–Crippen MR) is 141 cm³/mol. The first-order chi connectivity index (χ1) is 16.9. The van der Waals surface area contributed by atoms with Crippen LogP contribution in [0.15, 0.2) is 47.4 Å². The van der Waals surface area contributed by atoms with Crippen LogP contribution in [-0.2, 0) is 11.0 Å². The maximum absolute atomic E-state index is 13.1. The van der Waals surface area contributed by atoms with Gasteiger partial charge in [-0.2, -0.15) is 0 Å². The van der Waals surface area contributed by atoms with Crippen molar-refractivity contribution in [2.45, 2.75) is 38.0 Å². The number of hydrogen-bond acceptors (Lipinski definition) is 6. The molecule has 2 unspecified atom stereocenters. The lowest BCUT2D eigenvalue weighted by molar-refractivity contribution is 0.176. The normalized spacial score (nSPS) is 16.5. The Bertz CT molecular complexity index is 1210. The summed E-state index contributed by atoms with van der Waals surface area (Å²) in [6.07, 6.45) is 3.27. The number of aromatic nitrogens is 1. The molecule has 4 rings (SSSR count). The monoisotopic (exact) mass is 514 g/mol. The Kier molecular flexibility index (Phi) is 7.92. The number of amides is 2. The molecule has 1 aliphatic heterocycles. The van der Waals surface area contributed by atoms with Crippen molar-refractivity contribution >= 4 is 39.2 Å². The molecule has 0 aliphatic carbocycles. The highest BCUT2D eigenvalue weighted by molar-refractivity contribution is 7.86. The smallest absolute Gasteiger partial charge is 0.323 e. The van der Waals surface area contributed by atoms with Gasteiger partial charge in [-0.05, 0) is 73.7 Å². The second-order valence-electron chi connectivity index (χ2n) is 8.51. The van der Waals surface area contributed by atoms with Gasteiger partial charge in [-0.1, -0.05) is 24.7 Å². The van der Waals surface area contributed by atoms with Crippen LogP contribution in [-0.4, -0.2) is 45.4 Å². The third-order valence-electron chi connectivity index (χ3n) is 6.10. The van der Waals surface area contributed by atoms with Gasteiger partial charge in [0.2, 0.25) is 0 Å². The number of nitrogens with one attached hydrogen (secondary N) is 2. The summed E-state index contributed by atoms with van der Waals surface area (Å²) in [6, 6.07) is 11.7. The van der Waals surface area contributed by atoms with E-state index in [1.54, 1.807) is 18.2 Å². The SMILES string of the molecule is CCC1CCCN(C(=O)Nc2nc(C)c(-c3ccc(OC)c(S(=O)Nc4ccc(O)cc4)c3)s2)C1. The summed E-state index contributed by atoms with van der Waals surface area (Å²) >= 11 is 1.39. The summed E-state index contributed by atoms with van der Waals surface area (Å²) in [7, 11) is -0.0688. The van der Waals surface area contributed by atoms with Crippen molar-refractivity contribution in [1.82, 2.24) is 9.88 Å². The van der Waals surface area contributed by atoms with E-state index in [0.717, 1.165) is 42.1 Å². The van der Waals surface area contributed by atoms with Gasteiger partial charge >= 0.3 is 6.03 Å². The van der Waals surface area contributed by atoms with Gasteiger partial charge in [-0.25, -0.2) is 14.0 Å². The van der Waals surface area contributed by atoms with Crippen molar-refractivity contribution in [3.63, 3.8) is 0 Å². The average Bonchev–Trinajstić information content (AvgIpc) is 3.24. The molecule has 10 heteroatoms. The largest absolute Gasteiger partial charge is 0.508 e. The minimum absolute atomic E-state index is 0.113. The molecule has 0 saturated carbocycles. The Morgan fingerprint density at radius 1 is 1.29 bits per heavy atom. The van der Waals surface area contributed by atoms with Gasteiger partial charge in [0.25, 0.3) is 0 Å². The summed E-state index contributed by atoms with van der Waals surface area (Å²) < 4.78 is 21.5. The van der Waals surface area contributed by atoms with Crippen molar-refractivity contribution in [3.05, 3.63) is 48.2 Å². The van der Waals surface area contributed by atoms with E-state index in [1.807, 2.05) is 24.0 Å². The lowest BCUT2D eigenvalue weighted by Crippen LogP contribution is -2.42.